The van der Waals surface area contributed by atoms with E-state index in [0.717, 1.165) is 18.4 Å². The molecule has 0 aromatic heterocycles. The fourth-order valence-corrected chi connectivity index (χ4v) is 3.87. The minimum Gasteiger partial charge on any atom is -0.387 e. The van der Waals surface area contributed by atoms with Crippen LogP contribution in [0.2, 0.25) is 0 Å². The van der Waals surface area contributed by atoms with Crippen LogP contribution in [0.4, 0.5) is 4.39 Å². The summed E-state index contributed by atoms with van der Waals surface area (Å²) in [6, 6.07) is 5.03. The minimum absolute atomic E-state index is 0.123. The third-order valence-corrected chi connectivity index (χ3v) is 5.75. The number of methoxy groups -OCH3 is 1. The van der Waals surface area contributed by atoms with E-state index in [1.54, 1.807) is 30.2 Å². The van der Waals surface area contributed by atoms with Crippen molar-refractivity contribution in [1.29, 1.82) is 0 Å². The van der Waals surface area contributed by atoms with Crippen molar-refractivity contribution in [2.24, 2.45) is 0 Å². The first kappa shape index (κ1) is 21.1. The third-order valence-electron chi connectivity index (χ3n) is 5.75. The highest BCUT2D eigenvalue weighted by molar-refractivity contribution is 5.96. The van der Waals surface area contributed by atoms with Crippen LogP contribution in [0.15, 0.2) is 18.2 Å². The van der Waals surface area contributed by atoms with Crippen LogP contribution in [-0.4, -0.2) is 83.5 Å². The number of amides is 1. The number of benzene rings is 1. The van der Waals surface area contributed by atoms with E-state index < -0.39 is 37.2 Å². The summed E-state index contributed by atoms with van der Waals surface area (Å²) >= 11 is 0. The Balaban J connectivity index is 1.82. The van der Waals surface area contributed by atoms with Gasteiger partial charge in [0.15, 0.2) is 0 Å². The van der Waals surface area contributed by atoms with Crippen molar-refractivity contribution in [2.45, 2.75) is 56.4 Å². The molecule has 2 heterocycles. The van der Waals surface area contributed by atoms with Crippen LogP contribution in [-0.2, 0) is 9.47 Å². The number of nitrogens with zero attached hydrogens (tertiary/aromatic N) is 1. The predicted octanol–water partition coefficient (Wildman–Crippen LogP) is 0.738. The third kappa shape index (κ3) is 4.06. The number of rotatable bonds is 4. The number of alkyl halides is 1. The molecule has 0 aliphatic carbocycles. The average molecular weight is 397 g/mol. The second-order valence-corrected chi connectivity index (χ2v) is 7.52. The van der Waals surface area contributed by atoms with Crippen molar-refractivity contribution in [1.82, 2.24) is 4.90 Å². The summed E-state index contributed by atoms with van der Waals surface area (Å²) in [5.74, 6) is -0.123. The standard InChI is InChI=1S/C20H28FNO6/c1-11-3-4-12(19-18(25)17(24)16(23)15(10-21)28-19)9-14(11)20(26)22-7-5-13(27-2)6-8-22/h3-4,9,13,15-19,23-25H,5-8,10H2,1-2H3/t15-,16-,17+,18-,19+/m1/s1. The predicted molar refractivity (Wildman–Crippen MR) is 98.7 cm³/mol. The van der Waals surface area contributed by atoms with Gasteiger partial charge in [0.2, 0.25) is 0 Å². The maximum atomic E-state index is 13.1. The molecule has 0 radical (unpaired) electrons. The zero-order valence-electron chi connectivity index (χ0n) is 16.1. The number of aryl methyl sites for hydroxylation is 1. The molecule has 1 aromatic carbocycles. The molecule has 156 valence electrons. The smallest absolute Gasteiger partial charge is 0.254 e. The molecule has 2 aliphatic rings. The van der Waals surface area contributed by atoms with Gasteiger partial charge in [0.25, 0.3) is 5.91 Å². The minimum atomic E-state index is -1.53. The van der Waals surface area contributed by atoms with Crippen LogP contribution in [0.5, 0.6) is 0 Å². The van der Waals surface area contributed by atoms with Crippen molar-refractivity contribution in [3.63, 3.8) is 0 Å². The molecule has 1 amide bonds. The summed E-state index contributed by atoms with van der Waals surface area (Å²) in [5.41, 5.74) is 1.70. The lowest BCUT2D eigenvalue weighted by molar-refractivity contribution is -0.227. The van der Waals surface area contributed by atoms with E-state index in [1.807, 2.05) is 6.92 Å². The summed E-state index contributed by atoms with van der Waals surface area (Å²) in [4.78, 5) is 14.8. The lowest BCUT2D eigenvalue weighted by atomic mass is 9.90. The molecular weight excluding hydrogens is 369 g/mol. The van der Waals surface area contributed by atoms with E-state index in [9.17, 15) is 24.5 Å². The van der Waals surface area contributed by atoms with Crippen LogP contribution < -0.4 is 0 Å². The first-order valence-electron chi connectivity index (χ1n) is 9.55. The SMILES string of the molecule is COC1CCN(C(=O)c2cc([C@@H]3O[C@H](CF)[C@@H](O)[C@H](O)[C@H]3O)ccc2C)CC1. The molecule has 2 aliphatic heterocycles. The van der Waals surface area contributed by atoms with E-state index in [4.69, 9.17) is 9.47 Å². The Morgan fingerprint density at radius 3 is 2.50 bits per heavy atom. The molecule has 0 bridgehead atoms. The number of halogens is 1. The van der Waals surface area contributed by atoms with Gasteiger partial charge in [-0.25, -0.2) is 4.39 Å². The van der Waals surface area contributed by atoms with Gasteiger partial charge in [-0.1, -0.05) is 12.1 Å². The molecule has 7 nitrogen and oxygen atoms in total. The van der Waals surface area contributed by atoms with E-state index in [0.29, 0.717) is 24.2 Å². The first-order valence-corrected chi connectivity index (χ1v) is 9.55. The molecule has 3 N–H and O–H groups in total. The van der Waals surface area contributed by atoms with Crippen LogP contribution in [0.1, 0.15) is 40.4 Å². The number of hydrogen-bond donors (Lipinski definition) is 3. The highest BCUT2D eigenvalue weighted by Gasteiger charge is 2.44. The van der Waals surface area contributed by atoms with Gasteiger partial charge >= 0.3 is 0 Å². The number of hydrogen-bond acceptors (Lipinski definition) is 6. The highest BCUT2D eigenvalue weighted by atomic mass is 19.1. The van der Waals surface area contributed by atoms with Crippen molar-refractivity contribution < 1.29 is 34.0 Å². The Morgan fingerprint density at radius 2 is 1.89 bits per heavy atom. The topological polar surface area (TPSA) is 99.5 Å². The van der Waals surface area contributed by atoms with Gasteiger partial charge in [0.1, 0.15) is 37.2 Å². The summed E-state index contributed by atoms with van der Waals surface area (Å²) in [6.07, 6.45) is -5.05. The highest BCUT2D eigenvalue weighted by Crippen LogP contribution is 2.33. The summed E-state index contributed by atoms with van der Waals surface area (Å²) in [6.45, 7) is 2.02. The Hall–Kier alpha value is -1.58. The lowest BCUT2D eigenvalue weighted by Crippen LogP contribution is -2.54. The molecule has 1 aromatic rings. The number of carbonyl (C=O) groups excluding carboxylic acids is 1. The second kappa shape index (κ2) is 8.84. The monoisotopic (exact) mass is 397 g/mol. The maximum absolute atomic E-state index is 13.1. The van der Waals surface area contributed by atoms with Gasteiger partial charge in [-0.3, -0.25) is 4.79 Å². The zero-order valence-corrected chi connectivity index (χ0v) is 16.1. The Morgan fingerprint density at radius 1 is 1.21 bits per heavy atom. The molecule has 2 saturated heterocycles. The molecule has 0 unspecified atom stereocenters. The maximum Gasteiger partial charge on any atom is 0.254 e. The summed E-state index contributed by atoms with van der Waals surface area (Å²) in [7, 11) is 1.67. The molecule has 28 heavy (non-hydrogen) atoms. The fraction of sp³-hybridized carbons (Fsp3) is 0.650. The van der Waals surface area contributed by atoms with Crippen LogP contribution in [0, 0.1) is 6.92 Å². The van der Waals surface area contributed by atoms with Crippen molar-refractivity contribution >= 4 is 5.91 Å². The normalized spacial score (nSPS) is 31.8. The van der Waals surface area contributed by atoms with Gasteiger partial charge < -0.3 is 29.7 Å². The summed E-state index contributed by atoms with van der Waals surface area (Å²) in [5, 5.41) is 30.2. The number of aliphatic hydroxyl groups is 3. The van der Waals surface area contributed by atoms with Crippen molar-refractivity contribution in [2.75, 3.05) is 26.9 Å². The molecular formula is C20H28FNO6. The first-order chi connectivity index (χ1) is 13.4. The number of likely N-dealkylation sites (tertiary alicyclic amines) is 1. The second-order valence-electron chi connectivity index (χ2n) is 7.52. The van der Waals surface area contributed by atoms with E-state index in [2.05, 4.69) is 0 Å². The summed E-state index contributed by atoms with van der Waals surface area (Å²) < 4.78 is 24.0. The fourth-order valence-electron chi connectivity index (χ4n) is 3.87. The van der Waals surface area contributed by atoms with Crippen molar-refractivity contribution in [3.05, 3.63) is 34.9 Å². The molecule has 5 atom stereocenters. The molecule has 2 fully saturated rings. The van der Waals surface area contributed by atoms with Crippen molar-refractivity contribution in [3.8, 4) is 0 Å². The van der Waals surface area contributed by atoms with E-state index in [-0.39, 0.29) is 12.0 Å². The van der Waals surface area contributed by atoms with E-state index >= 15 is 0 Å². The molecule has 0 saturated carbocycles. The van der Waals surface area contributed by atoms with Gasteiger partial charge in [-0.05, 0) is 37.0 Å². The quantitative estimate of drug-likeness (QED) is 0.693. The average Bonchev–Trinajstić information content (AvgIpc) is 2.72. The van der Waals surface area contributed by atoms with Crippen LogP contribution >= 0.6 is 0 Å². The number of ether oxygens (including phenoxy) is 2. The molecule has 3 rings (SSSR count). The Bertz CT molecular complexity index is 691. The van der Waals surface area contributed by atoms with Crippen LogP contribution in [0.25, 0.3) is 0 Å². The number of aliphatic hydroxyl groups excluding tert-OH is 3. The van der Waals surface area contributed by atoms with Crippen LogP contribution in [0.3, 0.4) is 0 Å². The van der Waals surface area contributed by atoms with E-state index in [1.165, 1.54) is 0 Å². The number of piperidine rings is 1. The largest absolute Gasteiger partial charge is 0.387 e. The van der Waals surface area contributed by atoms with Gasteiger partial charge in [-0.15, -0.1) is 0 Å². The lowest BCUT2D eigenvalue weighted by Gasteiger charge is -2.40. The molecule has 8 heteroatoms. The Labute approximate surface area is 163 Å². The number of carbonyl (C=O) groups is 1. The Kier molecular flexibility index (Phi) is 6.67. The molecule has 0 spiro atoms. The van der Waals surface area contributed by atoms with Gasteiger partial charge in [0.05, 0.1) is 6.10 Å². The van der Waals surface area contributed by atoms with Gasteiger partial charge in [-0.2, -0.15) is 0 Å². The van der Waals surface area contributed by atoms with Gasteiger partial charge in [0, 0.05) is 25.8 Å². The zero-order chi connectivity index (χ0) is 20.4.